The van der Waals surface area contributed by atoms with Crippen molar-refractivity contribution in [2.24, 2.45) is 0 Å². The molecular formula is C42H30CaO6. The van der Waals surface area contributed by atoms with Crippen LogP contribution in [0.5, 0.6) is 23.0 Å². The molecule has 0 N–H and O–H groups in total. The van der Waals surface area contributed by atoms with E-state index < -0.39 is 11.9 Å². The molecule has 2 aliphatic rings. The quantitative estimate of drug-likeness (QED) is 0.193. The maximum absolute atomic E-state index is 11.8. The van der Waals surface area contributed by atoms with Crippen LogP contribution in [0.4, 0.5) is 0 Å². The predicted molar refractivity (Wildman–Crippen MR) is 184 cm³/mol. The largest absolute Gasteiger partial charge is 2.00 e. The molecule has 0 spiro atoms. The van der Waals surface area contributed by atoms with E-state index in [2.05, 4.69) is 0 Å². The summed E-state index contributed by atoms with van der Waals surface area (Å²) in [5.41, 5.74) is 7.52. The molecule has 0 saturated heterocycles. The monoisotopic (exact) mass is 670 g/mol. The smallest absolute Gasteiger partial charge is 0.545 e. The van der Waals surface area contributed by atoms with Crippen molar-refractivity contribution < 1.29 is 29.3 Å². The van der Waals surface area contributed by atoms with E-state index in [1.165, 1.54) is 0 Å². The summed E-state index contributed by atoms with van der Waals surface area (Å²) >= 11 is 0. The van der Waals surface area contributed by atoms with Gasteiger partial charge < -0.3 is 29.3 Å². The number of carbonyl (C=O) groups excluding carboxylic acids is 2. The van der Waals surface area contributed by atoms with Crippen molar-refractivity contribution in [2.75, 3.05) is 0 Å². The Kier molecular flexibility index (Phi) is 10.5. The van der Waals surface area contributed by atoms with Crippen LogP contribution >= 0.6 is 0 Å². The fourth-order valence-corrected chi connectivity index (χ4v) is 6.45. The van der Waals surface area contributed by atoms with E-state index in [1.54, 1.807) is 0 Å². The molecule has 0 unspecified atom stereocenters. The average Bonchev–Trinajstić information content (AvgIpc) is 3.10. The number of carbonyl (C=O) groups is 2. The summed E-state index contributed by atoms with van der Waals surface area (Å²) in [5, 5.41) is 23.7. The van der Waals surface area contributed by atoms with Gasteiger partial charge >= 0.3 is 37.7 Å². The van der Waals surface area contributed by atoms with Crippen molar-refractivity contribution in [3.63, 3.8) is 0 Å². The van der Waals surface area contributed by atoms with Crippen LogP contribution in [0.25, 0.3) is 0 Å². The third-order valence-corrected chi connectivity index (χ3v) is 8.71. The molecule has 0 bridgehead atoms. The molecule has 2 heterocycles. The van der Waals surface area contributed by atoms with Crippen molar-refractivity contribution in [3.8, 4) is 23.0 Å². The van der Waals surface area contributed by atoms with Crippen LogP contribution in [0.2, 0.25) is 0 Å². The molecular weight excluding hydrogens is 641 g/mol. The second kappa shape index (κ2) is 15.1. The van der Waals surface area contributed by atoms with E-state index in [1.807, 2.05) is 133 Å². The summed E-state index contributed by atoms with van der Waals surface area (Å²) in [6, 6.07) is 42.4. The van der Waals surface area contributed by atoms with Crippen molar-refractivity contribution in [1.29, 1.82) is 0 Å². The summed E-state index contributed by atoms with van der Waals surface area (Å²) in [7, 11) is 0. The van der Waals surface area contributed by atoms with Gasteiger partial charge in [-0.3, -0.25) is 0 Å². The van der Waals surface area contributed by atoms with Crippen molar-refractivity contribution >= 4 is 49.7 Å². The maximum Gasteiger partial charge on any atom is 2.00 e. The van der Waals surface area contributed by atoms with Crippen LogP contribution in [-0.2, 0) is 25.7 Å². The Hall–Kier alpha value is -4.88. The first-order valence-corrected chi connectivity index (χ1v) is 15.8. The van der Waals surface area contributed by atoms with E-state index in [4.69, 9.17) is 9.47 Å². The number of carboxylic acid groups (broad SMARTS) is 2. The van der Waals surface area contributed by atoms with Crippen LogP contribution in [0.3, 0.4) is 0 Å². The molecule has 8 rings (SSSR count). The zero-order chi connectivity index (χ0) is 33.0. The van der Waals surface area contributed by atoms with Gasteiger partial charge in [-0.25, -0.2) is 0 Å². The van der Waals surface area contributed by atoms with Gasteiger partial charge in [-0.05, 0) is 70.5 Å². The first-order valence-electron chi connectivity index (χ1n) is 15.8. The van der Waals surface area contributed by atoms with Gasteiger partial charge in [0.05, 0.1) is 11.9 Å². The molecule has 2 aliphatic heterocycles. The minimum atomic E-state index is -1.15. The molecule has 0 aromatic heterocycles. The molecule has 0 amide bonds. The van der Waals surface area contributed by atoms with E-state index >= 15 is 0 Å². The normalized spacial score (nSPS) is 11.8. The number of para-hydroxylation sites is 2. The molecule has 0 aliphatic carbocycles. The molecule has 0 saturated carbocycles. The third kappa shape index (κ3) is 7.42. The molecule has 0 atom stereocenters. The summed E-state index contributed by atoms with van der Waals surface area (Å²) in [4.78, 5) is 23.7. The fraction of sp³-hybridized carbons (Fsp3) is 0.0952. The molecule has 49 heavy (non-hydrogen) atoms. The SMILES string of the molecule is O=C([O-])c1c(Cc2ccccc2)ccc2c1Cc1ccccc1O2.O=C([O-])c1c(Cc2ccccc2)ccc2c1Cc1ccccc1O2.[Ca+2]. The molecule has 6 aromatic rings. The number of fused-ring (bicyclic) bond motifs is 4. The van der Waals surface area contributed by atoms with Gasteiger partial charge in [0.1, 0.15) is 23.0 Å². The van der Waals surface area contributed by atoms with E-state index in [0.29, 0.717) is 48.3 Å². The van der Waals surface area contributed by atoms with Gasteiger partial charge in [-0.2, -0.15) is 0 Å². The van der Waals surface area contributed by atoms with E-state index in [0.717, 1.165) is 44.9 Å². The predicted octanol–water partition coefficient (Wildman–Crippen LogP) is 6.29. The number of rotatable bonds is 6. The second-order valence-corrected chi connectivity index (χ2v) is 11.8. The molecule has 6 aromatic carbocycles. The minimum Gasteiger partial charge on any atom is -0.545 e. The Balaban J connectivity index is 0.000000167. The Labute approximate surface area is 314 Å². The number of carboxylic acids is 2. The van der Waals surface area contributed by atoms with Crippen molar-refractivity contribution in [1.82, 2.24) is 0 Å². The van der Waals surface area contributed by atoms with Crippen LogP contribution in [0.1, 0.15) is 65.2 Å². The van der Waals surface area contributed by atoms with Crippen LogP contribution in [-0.4, -0.2) is 49.7 Å². The van der Waals surface area contributed by atoms with Gasteiger partial charge in [0, 0.05) is 35.1 Å². The summed E-state index contributed by atoms with van der Waals surface area (Å²) in [6.45, 7) is 0. The van der Waals surface area contributed by atoms with Gasteiger partial charge in [0.15, 0.2) is 0 Å². The Morgan fingerprint density at radius 3 is 1.22 bits per heavy atom. The zero-order valence-electron chi connectivity index (χ0n) is 26.7. The minimum absolute atomic E-state index is 0. The summed E-state index contributed by atoms with van der Waals surface area (Å²) in [6.07, 6.45) is 2.19. The number of ether oxygens (including phenoxy) is 2. The topological polar surface area (TPSA) is 98.7 Å². The van der Waals surface area contributed by atoms with Crippen LogP contribution in [0, 0.1) is 0 Å². The first-order chi connectivity index (χ1) is 23.4. The van der Waals surface area contributed by atoms with Gasteiger partial charge in [-0.1, -0.05) is 109 Å². The van der Waals surface area contributed by atoms with Crippen LogP contribution < -0.4 is 19.7 Å². The Bertz CT molecular complexity index is 1990. The molecule has 236 valence electrons. The van der Waals surface area contributed by atoms with E-state index in [9.17, 15) is 19.8 Å². The van der Waals surface area contributed by atoms with Crippen molar-refractivity contribution in [3.05, 3.63) is 189 Å². The Morgan fingerprint density at radius 1 is 0.469 bits per heavy atom. The number of benzene rings is 6. The third-order valence-electron chi connectivity index (χ3n) is 8.71. The molecule has 0 fully saturated rings. The van der Waals surface area contributed by atoms with Crippen molar-refractivity contribution in [2.45, 2.75) is 25.7 Å². The number of hydrogen-bond acceptors (Lipinski definition) is 6. The standard InChI is InChI=1S/2C21H16O3.Ca/c2*22-21(23)20-16(12-14-6-2-1-3-7-14)10-11-19-17(20)13-15-8-4-5-9-18(15)24-19;/h2*1-11H,12-13H2,(H,22,23);/q;;+2/p-2. The first kappa shape index (κ1) is 34.0. The average molecular weight is 671 g/mol. The zero-order valence-corrected chi connectivity index (χ0v) is 28.9. The van der Waals surface area contributed by atoms with E-state index in [-0.39, 0.29) is 48.9 Å². The number of hydrogen-bond donors (Lipinski definition) is 0. The second-order valence-electron chi connectivity index (χ2n) is 11.8. The van der Waals surface area contributed by atoms with Gasteiger partial charge in [0.25, 0.3) is 0 Å². The summed E-state index contributed by atoms with van der Waals surface area (Å²) in [5.74, 6) is 0.464. The molecule has 6 nitrogen and oxygen atoms in total. The van der Waals surface area contributed by atoms with Crippen LogP contribution in [0.15, 0.2) is 133 Å². The number of aromatic carboxylic acids is 2. The van der Waals surface area contributed by atoms with Gasteiger partial charge in [-0.15, -0.1) is 0 Å². The molecule has 7 heteroatoms. The Morgan fingerprint density at radius 2 is 0.837 bits per heavy atom. The maximum atomic E-state index is 11.8. The van der Waals surface area contributed by atoms with Gasteiger partial charge in [0.2, 0.25) is 0 Å². The summed E-state index contributed by atoms with van der Waals surface area (Å²) < 4.78 is 11.8. The molecule has 0 radical (unpaired) electrons. The fourth-order valence-electron chi connectivity index (χ4n) is 6.45.